The zero-order chi connectivity index (χ0) is 16.4. The second kappa shape index (κ2) is 6.04. The third-order valence-electron chi connectivity index (χ3n) is 3.77. The van der Waals surface area contributed by atoms with Gasteiger partial charge in [-0.3, -0.25) is 9.59 Å². The van der Waals surface area contributed by atoms with E-state index in [4.69, 9.17) is 10.5 Å². The van der Waals surface area contributed by atoms with Crippen LogP contribution in [0.15, 0.2) is 30.5 Å². The number of amides is 2. The molecular formula is C16H16N4O3. The van der Waals surface area contributed by atoms with Crippen molar-refractivity contribution in [2.75, 3.05) is 13.7 Å². The Morgan fingerprint density at radius 3 is 2.91 bits per heavy atom. The molecule has 2 N–H and O–H groups in total. The average Bonchev–Trinajstić information content (AvgIpc) is 2.60. The molecule has 7 heteroatoms. The van der Waals surface area contributed by atoms with E-state index in [-0.39, 0.29) is 11.7 Å². The van der Waals surface area contributed by atoms with Crippen LogP contribution in [0.1, 0.15) is 32.2 Å². The van der Waals surface area contributed by atoms with E-state index in [0.29, 0.717) is 36.5 Å². The van der Waals surface area contributed by atoms with Gasteiger partial charge in [0, 0.05) is 18.3 Å². The monoisotopic (exact) mass is 312 g/mol. The largest absolute Gasteiger partial charge is 0.497 e. The molecule has 2 amide bonds. The highest BCUT2D eigenvalue weighted by Crippen LogP contribution is 2.20. The highest BCUT2D eigenvalue weighted by atomic mass is 16.5. The number of fused-ring (bicyclic) bond motifs is 1. The fraction of sp³-hybridized carbons (Fsp3) is 0.250. The van der Waals surface area contributed by atoms with Crippen LogP contribution in [0.3, 0.4) is 0 Å². The Labute approximate surface area is 133 Å². The van der Waals surface area contributed by atoms with E-state index in [0.717, 1.165) is 5.56 Å². The van der Waals surface area contributed by atoms with E-state index in [1.54, 1.807) is 42.5 Å². The van der Waals surface area contributed by atoms with Crippen molar-refractivity contribution in [3.05, 3.63) is 53.1 Å². The van der Waals surface area contributed by atoms with Crippen LogP contribution in [0.5, 0.6) is 5.75 Å². The molecule has 118 valence electrons. The van der Waals surface area contributed by atoms with Gasteiger partial charge in [0.15, 0.2) is 0 Å². The number of carbonyl (C=O) groups excluding carboxylic acids is 2. The van der Waals surface area contributed by atoms with Gasteiger partial charge in [-0.15, -0.1) is 0 Å². The Morgan fingerprint density at radius 1 is 1.35 bits per heavy atom. The highest BCUT2D eigenvalue weighted by Gasteiger charge is 2.24. The van der Waals surface area contributed by atoms with Crippen molar-refractivity contribution in [1.29, 1.82) is 0 Å². The topological polar surface area (TPSA) is 98.4 Å². The molecule has 0 aliphatic carbocycles. The summed E-state index contributed by atoms with van der Waals surface area (Å²) in [6.07, 6.45) is 2.25. The maximum Gasteiger partial charge on any atom is 0.286 e. The molecule has 0 saturated heterocycles. The van der Waals surface area contributed by atoms with E-state index in [1.165, 1.54) is 0 Å². The number of methoxy groups -OCH3 is 1. The molecule has 1 aliphatic heterocycles. The molecule has 2 aromatic rings. The smallest absolute Gasteiger partial charge is 0.286 e. The van der Waals surface area contributed by atoms with E-state index in [1.807, 2.05) is 0 Å². The average molecular weight is 312 g/mol. The number of hydrogen-bond acceptors (Lipinski definition) is 5. The molecule has 0 atom stereocenters. The van der Waals surface area contributed by atoms with Crippen molar-refractivity contribution in [2.24, 2.45) is 5.73 Å². The summed E-state index contributed by atoms with van der Waals surface area (Å²) < 4.78 is 5.15. The lowest BCUT2D eigenvalue weighted by molar-refractivity contribution is 0.0731. The minimum absolute atomic E-state index is 0.0283. The fourth-order valence-electron chi connectivity index (χ4n) is 2.53. The van der Waals surface area contributed by atoms with Gasteiger partial charge in [-0.25, -0.2) is 9.97 Å². The number of nitrogens with two attached hydrogens (primary N) is 1. The molecule has 7 nitrogen and oxygen atoms in total. The van der Waals surface area contributed by atoms with Crippen molar-refractivity contribution in [3.63, 3.8) is 0 Å². The van der Waals surface area contributed by atoms with E-state index < -0.39 is 5.91 Å². The zero-order valence-electron chi connectivity index (χ0n) is 12.7. The lowest BCUT2D eigenvalue weighted by Crippen LogP contribution is -2.37. The number of aromatic nitrogens is 2. The van der Waals surface area contributed by atoms with Crippen LogP contribution in [0.2, 0.25) is 0 Å². The van der Waals surface area contributed by atoms with Crippen LogP contribution in [-0.2, 0) is 13.0 Å². The minimum Gasteiger partial charge on any atom is -0.497 e. The first-order valence-corrected chi connectivity index (χ1v) is 7.16. The number of carbonyl (C=O) groups is 2. The number of primary amides is 1. The van der Waals surface area contributed by atoms with Gasteiger partial charge in [-0.1, -0.05) is 6.07 Å². The van der Waals surface area contributed by atoms with Gasteiger partial charge in [0.05, 0.1) is 19.3 Å². The van der Waals surface area contributed by atoms with Crippen LogP contribution in [0.25, 0.3) is 0 Å². The Bertz CT molecular complexity index is 776. The first-order chi connectivity index (χ1) is 11.1. The van der Waals surface area contributed by atoms with Gasteiger partial charge in [0.1, 0.15) is 5.75 Å². The lowest BCUT2D eigenvalue weighted by atomic mass is 10.1. The van der Waals surface area contributed by atoms with E-state index in [9.17, 15) is 9.59 Å². The molecule has 0 spiro atoms. The van der Waals surface area contributed by atoms with E-state index >= 15 is 0 Å². The van der Waals surface area contributed by atoms with Gasteiger partial charge in [-0.2, -0.15) is 0 Å². The zero-order valence-corrected chi connectivity index (χ0v) is 12.7. The third-order valence-corrected chi connectivity index (χ3v) is 3.77. The summed E-state index contributed by atoms with van der Waals surface area (Å²) in [5.41, 5.74) is 7.36. The maximum atomic E-state index is 12.6. The molecular weight excluding hydrogens is 296 g/mol. The highest BCUT2D eigenvalue weighted by molar-refractivity contribution is 5.94. The van der Waals surface area contributed by atoms with Crippen LogP contribution in [0.4, 0.5) is 0 Å². The third kappa shape index (κ3) is 2.98. The van der Waals surface area contributed by atoms with E-state index in [2.05, 4.69) is 9.97 Å². The van der Waals surface area contributed by atoms with Crippen LogP contribution in [0, 0.1) is 0 Å². The van der Waals surface area contributed by atoms with Crippen molar-refractivity contribution in [1.82, 2.24) is 14.9 Å². The van der Waals surface area contributed by atoms with Crippen molar-refractivity contribution in [3.8, 4) is 5.75 Å². The Kier molecular flexibility index (Phi) is 3.92. The van der Waals surface area contributed by atoms with Crippen LogP contribution in [-0.4, -0.2) is 40.3 Å². The molecule has 0 saturated carbocycles. The van der Waals surface area contributed by atoms with Gasteiger partial charge in [-0.05, 0) is 30.2 Å². The van der Waals surface area contributed by atoms with Gasteiger partial charge >= 0.3 is 0 Å². The molecule has 1 aromatic carbocycles. The number of hydrogen-bond donors (Lipinski definition) is 1. The van der Waals surface area contributed by atoms with Crippen molar-refractivity contribution < 1.29 is 14.3 Å². The summed E-state index contributed by atoms with van der Waals surface area (Å²) in [5.74, 6) is -0.177. The second-order valence-corrected chi connectivity index (χ2v) is 5.24. The number of ether oxygens (including phenoxy) is 1. The summed E-state index contributed by atoms with van der Waals surface area (Å²) in [6, 6.07) is 7.01. The fourth-order valence-corrected chi connectivity index (χ4v) is 2.53. The molecule has 1 aliphatic rings. The Balaban J connectivity index is 1.84. The summed E-state index contributed by atoms with van der Waals surface area (Å²) >= 11 is 0. The van der Waals surface area contributed by atoms with Gasteiger partial charge in [0.2, 0.25) is 5.82 Å². The molecule has 2 heterocycles. The molecule has 0 unspecified atom stereocenters. The minimum atomic E-state index is -0.677. The lowest BCUT2D eigenvalue weighted by Gasteiger charge is -2.28. The van der Waals surface area contributed by atoms with Crippen LogP contribution < -0.4 is 10.5 Å². The van der Waals surface area contributed by atoms with Crippen LogP contribution >= 0.6 is 0 Å². The van der Waals surface area contributed by atoms with Crippen molar-refractivity contribution in [2.45, 2.75) is 13.0 Å². The number of benzene rings is 1. The molecule has 0 fully saturated rings. The standard InChI is InChI=1S/C16H16N4O3/c1-23-12-4-2-3-10(7-12)16(22)20-6-5-11-8-18-15(14(17)21)19-13(11)9-20/h2-4,7-8H,5-6,9H2,1H3,(H2,17,21). The summed E-state index contributed by atoms with van der Waals surface area (Å²) in [4.78, 5) is 33.6. The normalized spacial score (nSPS) is 13.3. The Hall–Kier alpha value is -2.96. The molecule has 0 radical (unpaired) electrons. The SMILES string of the molecule is COc1cccc(C(=O)N2CCc3cnc(C(N)=O)nc3C2)c1. The summed E-state index contributed by atoms with van der Waals surface area (Å²) in [6.45, 7) is 0.899. The first kappa shape index (κ1) is 15.0. The Morgan fingerprint density at radius 2 is 2.17 bits per heavy atom. The second-order valence-electron chi connectivity index (χ2n) is 5.24. The van der Waals surface area contributed by atoms with Crippen molar-refractivity contribution >= 4 is 11.8 Å². The number of rotatable bonds is 3. The molecule has 23 heavy (non-hydrogen) atoms. The predicted molar refractivity (Wildman–Crippen MR) is 82.0 cm³/mol. The first-order valence-electron chi connectivity index (χ1n) is 7.16. The molecule has 0 bridgehead atoms. The quantitative estimate of drug-likeness (QED) is 0.903. The summed E-state index contributed by atoms with van der Waals surface area (Å²) in [5, 5.41) is 0. The van der Waals surface area contributed by atoms with Gasteiger partial charge < -0.3 is 15.4 Å². The summed E-state index contributed by atoms with van der Waals surface area (Å²) in [7, 11) is 1.56. The molecule has 1 aromatic heterocycles. The number of nitrogens with zero attached hydrogens (tertiary/aromatic N) is 3. The van der Waals surface area contributed by atoms with Gasteiger partial charge in [0.25, 0.3) is 11.8 Å². The maximum absolute atomic E-state index is 12.6. The molecule has 3 rings (SSSR count). The predicted octanol–water partition coefficient (Wildman–Crippen LogP) is 0.783.